The van der Waals surface area contributed by atoms with Crippen molar-refractivity contribution in [2.45, 2.75) is 6.92 Å². The van der Waals surface area contributed by atoms with Gasteiger partial charge in [-0.3, -0.25) is 0 Å². The summed E-state index contributed by atoms with van der Waals surface area (Å²) in [6.45, 7) is 1.90. The molecule has 0 aliphatic carbocycles. The molecular weight excluding hydrogens is 323 g/mol. The summed E-state index contributed by atoms with van der Waals surface area (Å²) in [4.78, 5) is 0. The molecule has 2 aromatic carbocycles. The van der Waals surface area contributed by atoms with Crippen molar-refractivity contribution in [3.8, 4) is 34.2 Å². The average molecular weight is 342 g/mol. The standard InChI is InChI=1S/C19H19FN2O3/c1-12-9-16(13-5-7-14(20)8-6-13)22(21-12)15-10-17(23-2)19(25-4)18(11-15)24-3/h5-11H,1-4H3. The van der Waals surface area contributed by atoms with Gasteiger partial charge in [-0.2, -0.15) is 5.10 Å². The summed E-state index contributed by atoms with van der Waals surface area (Å²) < 4.78 is 31.2. The van der Waals surface area contributed by atoms with Gasteiger partial charge in [0, 0.05) is 17.7 Å². The predicted molar refractivity (Wildman–Crippen MR) is 93.4 cm³/mol. The topological polar surface area (TPSA) is 45.5 Å². The van der Waals surface area contributed by atoms with Crippen molar-refractivity contribution in [1.82, 2.24) is 9.78 Å². The van der Waals surface area contributed by atoms with Crippen molar-refractivity contribution in [2.24, 2.45) is 0 Å². The first-order chi connectivity index (χ1) is 12.1. The van der Waals surface area contributed by atoms with Crippen LogP contribution in [0.3, 0.4) is 0 Å². The zero-order valence-electron chi connectivity index (χ0n) is 14.5. The molecule has 0 amide bonds. The molecule has 0 unspecified atom stereocenters. The van der Waals surface area contributed by atoms with Gasteiger partial charge in [-0.1, -0.05) is 0 Å². The van der Waals surface area contributed by atoms with Crippen molar-refractivity contribution < 1.29 is 18.6 Å². The second-order valence-corrected chi connectivity index (χ2v) is 5.47. The minimum absolute atomic E-state index is 0.278. The van der Waals surface area contributed by atoms with Crippen LogP contribution in [0, 0.1) is 12.7 Å². The Balaban J connectivity index is 2.19. The molecule has 3 aromatic rings. The lowest BCUT2D eigenvalue weighted by molar-refractivity contribution is 0.324. The maximum Gasteiger partial charge on any atom is 0.203 e. The van der Waals surface area contributed by atoms with Crippen LogP contribution in [0.1, 0.15) is 5.69 Å². The van der Waals surface area contributed by atoms with E-state index in [0.717, 1.165) is 22.6 Å². The summed E-state index contributed by atoms with van der Waals surface area (Å²) in [5.74, 6) is 1.31. The Hall–Kier alpha value is -3.02. The molecule has 0 radical (unpaired) electrons. The van der Waals surface area contributed by atoms with Crippen LogP contribution >= 0.6 is 0 Å². The number of rotatable bonds is 5. The fraction of sp³-hybridized carbons (Fsp3) is 0.211. The first kappa shape index (κ1) is 16.8. The Morgan fingerprint density at radius 1 is 0.880 bits per heavy atom. The summed E-state index contributed by atoms with van der Waals surface area (Å²) in [6.07, 6.45) is 0. The van der Waals surface area contributed by atoms with Crippen LogP contribution in [-0.4, -0.2) is 31.1 Å². The van der Waals surface area contributed by atoms with E-state index in [1.165, 1.54) is 12.1 Å². The lowest BCUT2D eigenvalue weighted by Gasteiger charge is -2.15. The van der Waals surface area contributed by atoms with Crippen molar-refractivity contribution in [1.29, 1.82) is 0 Å². The van der Waals surface area contributed by atoms with Crippen molar-refractivity contribution in [2.75, 3.05) is 21.3 Å². The SMILES string of the molecule is COc1cc(-n2nc(C)cc2-c2ccc(F)cc2)cc(OC)c1OC. The molecule has 130 valence electrons. The third-order valence-corrected chi connectivity index (χ3v) is 3.87. The maximum atomic E-state index is 13.2. The van der Waals surface area contributed by atoms with E-state index in [0.29, 0.717) is 17.2 Å². The van der Waals surface area contributed by atoms with E-state index >= 15 is 0 Å². The minimum atomic E-state index is -0.278. The van der Waals surface area contributed by atoms with Crippen LogP contribution in [0.25, 0.3) is 16.9 Å². The van der Waals surface area contributed by atoms with Crippen molar-refractivity contribution >= 4 is 0 Å². The minimum Gasteiger partial charge on any atom is -0.493 e. The third kappa shape index (κ3) is 3.15. The van der Waals surface area contributed by atoms with E-state index in [-0.39, 0.29) is 5.82 Å². The highest BCUT2D eigenvalue weighted by Crippen LogP contribution is 2.40. The van der Waals surface area contributed by atoms with Crippen molar-refractivity contribution in [3.63, 3.8) is 0 Å². The lowest BCUT2D eigenvalue weighted by atomic mass is 10.1. The molecule has 3 rings (SSSR count). The highest BCUT2D eigenvalue weighted by Gasteiger charge is 2.17. The monoisotopic (exact) mass is 342 g/mol. The number of ether oxygens (including phenoxy) is 3. The molecule has 0 spiro atoms. The number of hydrogen-bond acceptors (Lipinski definition) is 4. The molecule has 1 aromatic heterocycles. The highest BCUT2D eigenvalue weighted by molar-refractivity contribution is 5.65. The maximum absolute atomic E-state index is 13.2. The molecule has 0 fully saturated rings. The van der Waals surface area contributed by atoms with E-state index in [1.54, 1.807) is 38.1 Å². The van der Waals surface area contributed by atoms with Crippen LogP contribution < -0.4 is 14.2 Å². The van der Waals surface area contributed by atoms with Crippen molar-refractivity contribution in [3.05, 3.63) is 54.0 Å². The van der Waals surface area contributed by atoms with Gasteiger partial charge in [0.05, 0.1) is 38.4 Å². The molecule has 0 aliphatic rings. The highest BCUT2D eigenvalue weighted by atomic mass is 19.1. The largest absolute Gasteiger partial charge is 0.493 e. The molecule has 0 saturated heterocycles. The van der Waals surface area contributed by atoms with Gasteiger partial charge in [-0.15, -0.1) is 0 Å². The summed E-state index contributed by atoms with van der Waals surface area (Å²) in [5.41, 5.74) is 3.29. The molecule has 6 heteroatoms. The Morgan fingerprint density at radius 2 is 1.48 bits per heavy atom. The second-order valence-electron chi connectivity index (χ2n) is 5.47. The van der Waals surface area contributed by atoms with E-state index in [9.17, 15) is 4.39 Å². The molecule has 5 nitrogen and oxygen atoms in total. The first-order valence-electron chi connectivity index (χ1n) is 7.70. The zero-order chi connectivity index (χ0) is 18.0. The van der Waals surface area contributed by atoms with E-state index in [4.69, 9.17) is 14.2 Å². The van der Waals surface area contributed by atoms with E-state index < -0.39 is 0 Å². The van der Waals surface area contributed by atoms with Crippen LogP contribution in [-0.2, 0) is 0 Å². The van der Waals surface area contributed by atoms with Gasteiger partial charge in [-0.25, -0.2) is 9.07 Å². The number of aromatic nitrogens is 2. The van der Waals surface area contributed by atoms with E-state index in [1.807, 2.05) is 25.1 Å². The Kier molecular flexibility index (Phi) is 4.61. The number of methoxy groups -OCH3 is 3. The van der Waals surface area contributed by atoms with Gasteiger partial charge >= 0.3 is 0 Å². The summed E-state index contributed by atoms with van der Waals surface area (Å²) in [5, 5.41) is 4.56. The number of hydrogen-bond donors (Lipinski definition) is 0. The summed E-state index contributed by atoms with van der Waals surface area (Å²) in [6, 6.07) is 11.9. The van der Waals surface area contributed by atoms with Crippen LogP contribution in [0.4, 0.5) is 4.39 Å². The lowest BCUT2D eigenvalue weighted by Crippen LogP contribution is -2.02. The molecule has 0 atom stereocenters. The van der Waals surface area contributed by atoms with Gasteiger partial charge in [0.15, 0.2) is 11.5 Å². The van der Waals surface area contributed by atoms with Gasteiger partial charge in [0.1, 0.15) is 5.82 Å². The fourth-order valence-electron chi connectivity index (χ4n) is 2.71. The molecule has 0 aliphatic heterocycles. The van der Waals surface area contributed by atoms with Crippen LogP contribution in [0.5, 0.6) is 17.2 Å². The second kappa shape index (κ2) is 6.84. The number of benzene rings is 2. The van der Waals surface area contributed by atoms with Gasteiger partial charge in [-0.05, 0) is 37.3 Å². The molecule has 1 heterocycles. The summed E-state index contributed by atoms with van der Waals surface area (Å²) in [7, 11) is 4.69. The number of aryl methyl sites for hydroxylation is 1. The smallest absolute Gasteiger partial charge is 0.203 e. The summed E-state index contributed by atoms with van der Waals surface area (Å²) >= 11 is 0. The molecule has 0 N–H and O–H groups in total. The molecule has 25 heavy (non-hydrogen) atoms. The number of halogens is 1. The van der Waals surface area contributed by atoms with Gasteiger partial charge in [0.2, 0.25) is 5.75 Å². The molecule has 0 bridgehead atoms. The third-order valence-electron chi connectivity index (χ3n) is 3.87. The fourth-order valence-corrected chi connectivity index (χ4v) is 2.71. The normalized spacial score (nSPS) is 10.6. The first-order valence-corrected chi connectivity index (χ1v) is 7.70. The molecular formula is C19H19FN2O3. The molecule has 0 saturated carbocycles. The number of nitrogens with zero attached hydrogens (tertiary/aromatic N) is 2. The Bertz CT molecular complexity index is 863. The van der Waals surface area contributed by atoms with Gasteiger partial charge in [0.25, 0.3) is 0 Å². The Morgan fingerprint density at radius 3 is 2.00 bits per heavy atom. The quantitative estimate of drug-likeness (QED) is 0.703. The van der Waals surface area contributed by atoms with Crippen LogP contribution in [0.15, 0.2) is 42.5 Å². The zero-order valence-corrected chi connectivity index (χ0v) is 14.5. The van der Waals surface area contributed by atoms with Gasteiger partial charge < -0.3 is 14.2 Å². The average Bonchev–Trinajstić information content (AvgIpc) is 3.02. The predicted octanol–water partition coefficient (Wildman–Crippen LogP) is 4.01. The van der Waals surface area contributed by atoms with E-state index in [2.05, 4.69) is 5.10 Å². The Labute approximate surface area is 145 Å². The van der Waals surface area contributed by atoms with Crippen LogP contribution in [0.2, 0.25) is 0 Å².